The molecule has 0 radical (unpaired) electrons. The van der Waals surface area contributed by atoms with Gasteiger partial charge in [0.2, 0.25) is 0 Å². The second-order valence-electron chi connectivity index (χ2n) is 9.29. The van der Waals surface area contributed by atoms with Gasteiger partial charge in [-0.25, -0.2) is 18.2 Å². The molecule has 1 aliphatic rings. The van der Waals surface area contributed by atoms with Crippen LogP contribution in [0.15, 0.2) is 46.0 Å². The number of amides is 1. The van der Waals surface area contributed by atoms with Crippen molar-refractivity contribution in [3.8, 4) is 0 Å². The van der Waals surface area contributed by atoms with Crippen LogP contribution in [0.25, 0.3) is 0 Å². The van der Waals surface area contributed by atoms with Gasteiger partial charge in [0.05, 0.1) is 29.2 Å². The lowest BCUT2D eigenvalue weighted by molar-refractivity contribution is -0.139. The molecule has 3 aromatic rings. The molecule has 1 atom stereocenters. The molecule has 0 bridgehead atoms. The minimum absolute atomic E-state index is 0.0188. The van der Waals surface area contributed by atoms with Crippen molar-refractivity contribution < 1.29 is 23.1 Å². The number of nitrogens with two attached hydrogens (primary N) is 1. The van der Waals surface area contributed by atoms with E-state index in [-0.39, 0.29) is 21.9 Å². The summed E-state index contributed by atoms with van der Waals surface area (Å²) in [7, 11) is -2.27. The Kier molecular flexibility index (Phi) is 13.1. The first-order valence-corrected chi connectivity index (χ1v) is 16.7. The molecule has 4 rings (SSSR count). The number of hydrogen-bond donors (Lipinski definition) is 8. The Morgan fingerprint density at radius 2 is 2.00 bits per heavy atom. The Morgan fingerprint density at radius 1 is 1.26 bits per heavy atom. The third-order valence-corrected chi connectivity index (χ3v) is 9.41. The van der Waals surface area contributed by atoms with Crippen molar-refractivity contribution >= 4 is 67.4 Å². The lowest BCUT2D eigenvalue weighted by Gasteiger charge is -2.26. The Labute approximate surface area is 258 Å². The maximum absolute atomic E-state index is 13.2. The van der Waals surface area contributed by atoms with Crippen LogP contribution >= 0.6 is 22.7 Å². The van der Waals surface area contributed by atoms with Crippen molar-refractivity contribution in [2.75, 3.05) is 54.7 Å². The van der Waals surface area contributed by atoms with E-state index in [0.29, 0.717) is 25.2 Å². The van der Waals surface area contributed by atoms with Crippen LogP contribution in [-0.4, -0.2) is 82.5 Å². The van der Waals surface area contributed by atoms with Crippen LogP contribution in [0.4, 0.5) is 16.5 Å². The summed E-state index contributed by atoms with van der Waals surface area (Å²) in [4.78, 5) is 31.5. The van der Waals surface area contributed by atoms with Gasteiger partial charge in [-0.05, 0) is 56.1 Å². The molecule has 1 amide bonds. The van der Waals surface area contributed by atoms with Gasteiger partial charge in [-0.3, -0.25) is 14.9 Å². The van der Waals surface area contributed by atoms with Gasteiger partial charge in [0.25, 0.3) is 15.9 Å². The summed E-state index contributed by atoms with van der Waals surface area (Å²) in [6.07, 6.45) is 1.55. The quantitative estimate of drug-likeness (QED) is 0.0714. The van der Waals surface area contributed by atoms with Crippen LogP contribution in [0.5, 0.6) is 0 Å². The van der Waals surface area contributed by atoms with Crippen molar-refractivity contribution in [1.29, 1.82) is 5.41 Å². The molecule has 1 aromatic carbocycles. The molecule has 0 unspecified atom stereocenters. The number of carboxylic acid groups (broad SMARTS) is 1. The first-order chi connectivity index (χ1) is 20.7. The number of piperazine rings is 1. The van der Waals surface area contributed by atoms with Crippen molar-refractivity contribution in [2.45, 2.75) is 30.3 Å². The van der Waals surface area contributed by atoms with E-state index in [9.17, 15) is 23.1 Å². The summed E-state index contributed by atoms with van der Waals surface area (Å²) in [5, 5.41) is 31.9. The number of hydrogen-bond acceptors (Lipinski definition) is 12. The second-order valence-corrected chi connectivity index (χ2v) is 12.7. The number of sulfonamides is 1. The molecule has 43 heavy (non-hydrogen) atoms. The van der Waals surface area contributed by atoms with Gasteiger partial charge in [-0.2, -0.15) is 0 Å². The van der Waals surface area contributed by atoms with Crippen LogP contribution in [0, 0.1) is 5.41 Å². The summed E-state index contributed by atoms with van der Waals surface area (Å²) >= 11 is 2.62. The number of carbonyl (C=O) groups excluding carboxylic acids is 1. The number of rotatable bonds is 14. The molecule has 3 heterocycles. The zero-order chi connectivity index (χ0) is 31.2. The molecule has 0 saturated carbocycles. The van der Waals surface area contributed by atoms with Crippen molar-refractivity contribution in [3.63, 3.8) is 0 Å². The minimum atomic E-state index is -4.03. The zero-order valence-electron chi connectivity index (χ0n) is 23.6. The van der Waals surface area contributed by atoms with E-state index in [2.05, 4.69) is 36.6 Å². The van der Waals surface area contributed by atoms with Gasteiger partial charge in [0, 0.05) is 37.2 Å². The maximum Gasteiger partial charge on any atom is 0.326 e. The van der Waals surface area contributed by atoms with E-state index in [1.54, 1.807) is 35.9 Å². The molecular weight excluding hydrogens is 615 g/mol. The molecular formula is C26H37N9O5S3. The molecule has 0 aliphatic carbocycles. The number of carbonyl (C=O) groups is 2. The molecule has 2 aromatic heterocycles. The van der Waals surface area contributed by atoms with Gasteiger partial charge in [-0.1, -0.05) is 6.07 Å². The fraction of sp³-hybridized carbons (Fsp3) is 0.385. The summed E-state index contributed by atoms with van der Waals surface area (Å²) in [5.74, 6) is -1.80. The van der Waals surface area contributed by atoms with Gasteiger partial charge >= 0.3 is 5.97 Å². The summed E-state index contributed by atoms with van der Waals surface area (Å²) in [6, 6.07) is 6.78. The topological polar surface area (TPSA) is 215 Å². The molecule has 1 fully saturated rings. The van der Waals surface area contributed by atoms with E-state index >= 15 is 0 Å². The van der Waals surface area contributed by atoms with Crippen LogP contribution in [0.2, 0.25) is 0 Å². The normalized spacial score (nSPS) is 13.7. The maximum atomic E-state index is 13.2. The molecule has 234 valence electrons. The third kappa shape index (κ3) is 10.2. The van der Waals surface area contributed by atoms with Crippen LogP contribution in [0.3, 0.4) is 0 Å². The number of aliphatic carboxylic acids is 1. The highest BCUT2D eigenvalue weighted by atomic mass is 32.2. The molecule has 17 heteroatoms. The predicted molar refractivity (Wildman–Crippen MR) is 171 cm³/mol. The standard InChI is InChI=1S/C25H33N7O5S3.CH4N2/c1-26-8-3-6-21(24(34)35)30-23(33)22-20(7-13-38-22)31-40(36,37)19-5-2-4-17(14-19)28-15-18-16-39-25(29-18)32-11-9-27-10-12-32;2-1-3/h2,4-5,7,13-14,16,21,26-28,31H,3,6,8-12,15H2,1H3,(H,30,33)(H,34,35);1H,(H3,2,3)/t21-;/m0./s1. The van der Waals surface area contributed by atoms with Crippen molar-refractivity contribution in [3.05, 3.63) is 51.7 Å². The zero-order valence-corrected chi connectivity index (χ0v) is 26.1. The second kappa shape index (κ2) is 16.8. The first-order valence-electron chi connectivity index (χ1n) is 13.4. The van der Waals surface area contributed by atoms with Gasteiger partial charge in [0.15, 0.2) is 5.13 Å². The Bertz CT molecular complexity index is 1460. The molecule has 0 spiro atoms. The van der Waals surface area contributed by atoms with E-state index in [0.717, 1.165) is 54.7 Å². The summed E-state index contributed by atoms with van der Waals surface area (Å²) < 4.78 is 28.9. The van der Waals surface area contributed by atoms with Crippen molar-refractivity contribution in [1.82, 2.24) is 20.9 Å². The number of benzene rings is 1. The highest BCUT2D eigenvalue weighted by Crippen LogP contribution is 2.27. The fourth-order valence-electron chi connectivity index (χ4n) is 4.08. The van der Waals surface area contributed by atoms with Crippen LogP contribution in [-0.2, 0) is 21.4 Å². The number of nitrogens with zero attached hydrogens (tertiary/aromatic N) is 2. The average Bonchev–Trinajstić information content (AvgIpc) is 3.66. The minimum Gasteiger partial charge on any atom is -0.480 e. The summed E-state index contributed by atoms with van der Waals surface area (Å²) in [5.41, 5.74) is 5.95. The van der Waals surface area contributed by atoms with Gasteiger partial charge in [0.1, 0.15) is 10.9 Å². The van der Waals surface area contributed by atoms with Crippen molar-refractivity contribution in [2.24, 2.45) is 5.73 Å². The predicted octanol–water partition coefficient (Wildman–Crippen LogP) is 1.76. The van der Waals surface area contributed by atoms with E-state index < -0.39 is 27.9 Å². The number of thiazole rings is 1. The monoisotopic (exact) mass is 651 g/mol. The largest absolute Gasteiger partial charge is 0.480 e. The SMILES string of the molecule is CNCCC[C@H](NC(=O)c1sccc1NS(=O)(=O)c1cccc(NCc2csc(N3CCNCC3)n2)c1)C(=O)O.N=CN. The highest BCUT2D eigenvalue weighted by Gasteiger charge is 2.25. The van der Waals surface area contributed by atoms with E-state index in [4.69, 9.17) is 10.4 Å². The van der Waals surface area contributed by atoms with Gasteiger partial charge in [-0.15, -0.1) is 22.7 Å². The number of carboxylic acids is 1. The molecule has 14 nitrogen and oxygen atoms in total. The number of anilines is 3. The average molecular weight is 652 g/mol. The van der Waals surface area contributed by atoms with Crippen LogP contribution in [0.1, 0.15) is 28.2 Å². The number of aromatic nitrogens is 1. The lowest BCUT2D eigenvalue weighted by Crippen LogP contribution is -2.43. The number of thiophene rings is 1. The smallest absolute Gasteiger partial charge is 0.326 e. The summed E-state index contributed by atoms with van der Waals surface area (Å²) in [6.45, 7) is 4.74. The van der Waals surface area contributed by atoms with Crippen LogP contribution < -0.4 is 36.6 Å². The van der Waals surface area contributed by atoms with E-state index in [1.807, 2.05) is 5.38 Å². The third-order valence-electron chi connectivity index (χ3n) is 6.18. The fourth-order valence-corrected chi connectivity index (χ4v) is 6.89. The molecule has 1 aliphatic heterocycles. The molecule has 1 saturated heterocycles. The first kappa shape index (κ1) is 33.7. The lowest BCUT2D eigenvalue weighted by atomic mass is 10.1. The van der Waals surface area contributed by atoms with E-state index in [1.165, 1.54) is 18.2 Å². The Morgan fingerprint density at radius 3 is 2.70 bits per heavy atom. The molecule has 9 N–H and O–H groups in total. The van der Waals surface area contributed by atoms with Gasteiger partial charge < -0.3 is 37.0 Å². The Hall–Kier alpha value is -3.77. The Balaban J connectivity index is 0.00000162. The number of nitrogens with one attached hydrogen (secondary N) is 6. The highest BCUT2D eigenvalue weighted by molar-refractivity contribution is 7.92.